The summed E-state index contributed by atoms with van der Waals surface area (Å²) < 4.78 is 15.6. The van der Waals surface area contributed by atoms with Gasteiger partial charge in [-0.15, -0.1) is 0 Å². The van der Waals surface area contributed by atoms with Gasteiger partial charge in [-0.05, 0) is 31.4 Å². The van der Waals surface area contributed by atoms with Crippen molar-refractivity contribution in [3.05, 3.63) is 41.3 Å². The fourth-order valence-corrected chi connectivity index (χ4v) is 2.99. The normalized spacial score (nSPS) is 16.1. The van der Waals surface area contributed by atoms with Crippen LogP contribution in [0.3, 0.4) is 0 Å². The van der Waals surface area contributed by atoms with E-state index in [9.17, 15) is 9.18 Å². The van der Waals surface area contributed by atoms with E-state index < -0.39 is 0 Å². The van der Waals surface area contributed by atoms with Crippen LogP contribution in [0.1, 0.15) is 54.1 Å². The highest BCUT2D eigenvalue weighted by atomic mass is 19.1. The Bertz CT molecular complexity index is 657. The van der Waals surface area contributed by atoms with Gasteiger partial charge in [-0.25, -0.2) is 4.39 Å². The number of carbonyl (C=O) groups is 1. The van der Waals surface area contributed by atoms with Gasteiger partial charge in [-0.1, -0.05) is 31.4 Å². The number of nitrogens with zero attached hydrogens (tertiary/aromatic N) is 2. The minimum atomic E-state index is -0.267. The van der Waals surface area contributed by atoms with E-state index in [0.29, 0.717) is 28.4 Å². The van der Waals surface area contributed by atoms with Gasteiger partial charge in [0.05, 0.1) is 11.6 Å². The third-order valence-corrected chi connectivity index (χ3v) is 4.28. The van der Waals surface area contributed by atoms with Crippen LogP contribution in [0, 0.1) is 12.7 Å². The fourth-order valence-electron chi connectivity index (χ4n) is 2.99. The Morgan fingerprint density at radius 1 is 1.29 bits per heavy atom. The zero-order valence-electron chi connectivity index (χ0n) is 12.2. The molecule has 0 saturated heterocycles. The number of rotatable bonds is 3. The van der Waals surface area contributed by atoms with Crippen LogP contribution in [0.15, 0.2) is 24.4 Å². The summed E-state index contributed by atoms with van der Waals surface area (Å²) in [6, 6.07) is 5.36. The van der Waals surface area contributed by atoms with Gasteiger partial charge in [-0.2, -0.15) is 5.10 Å². The van der Waals surface area contributed by atoms with Crippen molar-refractivity contribution in [2.24, 2.45) is 0 Å². The van der Waals surface area contributed by atoms with Crippen molar-refractivity contribution in [3.63, 3.8) is 0 Å². The number of benzene rings is 1. The Balaban J connectivity index is 1.99. The van der Waals surface area contributed by atoms with Gasteiger partial charge < -0.3 is 0 Å². The van der Waals surface area contributed by atoms with E-state index in [2.05, 4.69) is 5.10 Å². The molecule has 0 aliphatic heterocycles. The molecule has 110 valence electrons. The van der Waals surface area contributed by atoms with Crippen molar-refractivity contribution in [1.82, 2.24) is 9.78 Å². The molecule has 1 fully saturated rings. The predicted octanol–water partition coefficient (Wildman–Crippen LogP) is 4.32. The highest BCUT2D eigenvalue weighted by Crippen LogP contribution is 2.30. The first kappa shape index (κ1) is 14.0. The van der Waals surface area contributed by atoms with Crippen molar-refractivity contribution in [2.75, 3.05) is 0 Å². The Hall–Kier alpha value is -1.97. The van der Waals surface area contributed by atoms with E-state index in [1.165, 1.54) is 25.3 Å². The lowest BCUT2D eigenvalue weighted by atomic mass is 9.96. The van der Waals surface area contributed by atoms with Crippen molar-refractivity contribution in [3.8, 4) is 11.3 Å². The number of hydrogen-bond donors (Lipinski definition) is 0. The molecule has 3 nitrogen and oxygen atoms in total. The first-order chi connectivity index (χ1) is 10.2. The zero-order chi connectivity index (χ0) is 14.8. The molecule has 1 aliphatic carbocycles. The monoisotopic (exact) mass is 286 g/mol. The van der Waals surface area contributed by atoms with E-state index in [-0.39, 0.29) is 5.82 Å². The van der Waals surface area contributed by atoms with Crippen molar-refractivity contribution < 1.29 is 9.18 Å². The minimum Gasteiger partial charge on any atom is -0.298 e. The van der Waals surface area contributed by atoms with Gasteiger partial charge in [-0.3, -0.25) is 9.48 Å². The number of aldehydes is 1. The summed E-state index contributed by atoms with van der Waals surface area (Å²) in [5.41, 5.74) is 2.37. The van der Waals surface area contributed by atoms with Crippen LogP contribution >= 0.6 is 0 Å². The standard InChI is InChI=1S/C17H19FN2O/c1-12-7-8-13(9-16(12)18)17-14(11-21)10-20(19-17)15-5-3-2-4-6-15/h7-11,15H,2-6H2,1H3. The molecular weight excluding hydrogens is 267 g/mol. The fraction of sp³-hybridized carbons (Fsp3) is 0.412. The van der Waals surface area contributed by atoms with Crippen LogP contribution in [0.2, 0.25) is 0 Å². The van der Waals surface area contributed by atoms with Gasteiger partial charge in [0.25, 0.3) is 0 Å². The SMILES string of the molecule is Cc1ccc(-c2nn(C3CCCCC3)cc2C=O)cc1F. The molecule has 3 rings (SSSR count). The molecule has 4 heteroatoms. The van der Waals surface area contributed by atoms with Crippen LogP contribution in [0.4, 0.5) is 4.39 Å². The summed E-state index contributed by atoms with van der Waals surface area (Å²) in [7, 11) is 0. The molecule has 0 spiro atoms. The number of halogens is 1. The van der Waals surface area contributed by atoms with Gasteiger partial charge in [0.15, 0.2) is 6.29 Å². The summed E-state index contributed by atoms with van der Waals surface area (Å²) >= 11 is 0. The second kappa shape index (κ2) is 5.80. The topological polar surface area (TPSA) is 34.9 Å². The van der Waals surface area contributed by atoms with Crippen molar-refractivity contribution in [1.29, 1.82) is 0 Å². The Morgan fingerprint density at radius 3 is 2.71 bits per heavy atom. The molecule has 1 heterocycles. The molecular formula is C17H19FN2O. The molecule has 1 saturated carbocycles. The first-order valence-corrected chi connectivity index (χ1v) is 7.50. The second-order valence-corrected chi connectivity index (χ2v) is 5.79. The molecule has 1 aromatic carbocycles. The van der Waals surface area contributed by atoms with E-state index in [0.717, 1.165) is 19.1 Å². The lowest BCUT2D eigenvalue weighted by Crippen LogP contribution is -2.13. The molecule has 0 unspecified atom stereocenters. The molecule has 0 radical (unpaired) electrons. The smallest absolute Gasteiger partial charge is 0.153 e. The van der Waals surface area contributed by atoms with E-state index in [1.54, 1.807) is 19.2 Å². The molecule has 0 N–H and O–H groups in total. The van der Waals surface area contributed by atoms with E-state index in [1.807, 2.05) is 10.7 Å². The molecule has 0 bridgehead atoms. The van der Waals surface area contributed by atoms with Gasteiger partial charge >= 0.3 is 0 Å². The summed E-state index contributed by atoms with van der Waals surface area (Å²) in [4.78, 5) is 11.3. The largest absolute Gasteiger partial charge is 0.298 e. The number of hydrogen-bond acceptors (Lipinski definition) is 2. The first-order valence-electron chi connectivity index (χ1n) is 7.50. The predicted molar refractivity (Wildman–Crippen MR) is 79.9 cm³/mol. The highest BCUT2D eigenvalue weighted by Gasteiger charge is 2.19. The second-order valence-electron chi connectivity index (χ2n) is 5.79. The van der Waals surface area contributed by atoms with Gasteiger partial charge in [0.1, 0.15) is 11.5 Å². The van der Waals surface area contributed by atoms with Crippen LogP contribution in [-0.4, -0.2) is 16.1 Å². The maximum Gasteiger partial charge on any atom is 0.153 e. The maximum absolute atomic E-state index is 13.7. The average molecular weight is 286 g/mol. The number of carbonyl (C=O) groups excluding carboxylic acids is 1. The number of aromatic nitrogens is 2. The summed E-state index contributed by atoms with van der Waals surface area (Å²) in [5.74, 6) is -0.267. The van der Waals surface area contributed by atoms with Gasteiger partial charge in [0, 0.05) is 11.8 Å². The van der Waals surface area contributed by atoms with Crippen LogP contribution in [-0.2, 0) is 0 Å². The van der Waals surface area contributed by atoms with Crippen LogP contribution < -0.4 is 0 Å². The van der Waals surface area contributed by atoms with E-state index in [4.69, 9.17) is 0 Å². The van der Waals surface area contributed by atoms with Crippen LogP contribution in [0.25, 0.3) is 11.3 Å². The Labute approximate surface area is 123 Å². The van der Waals surface area contributed by atoms with Crippen molar-refractivity contribution >= 4 is 6.29 Å². The third-order valence-electron chi connectivity index (χ3n) is 4.28. The van der Waals surface area contributed by atoms with Crippen molar-refractivity contribution in [2.45, 2.75) is 45.1 Å². The maximum atomic E-state index is 13.7. The summed E-state index contributed by atoms with van der Waals surface area (Å²) in [6.45, 7) is 1.72. The summed E-state index contributed by atoms with van der Waals surface area (Å²) in [5, 5.41) is 4.56. The molecule has 2 aromatic rings. The third kappa shape index (κ3) is 2.75. The molecule has 0 atom stereocenters. The summed E-state index contributed by atoms with van der Waals surface area (Å²) in [6.07, 6.45) is 8.48. The molecule has 1 aliphatic rings. The Morgan fingerprint density at radius 2 is 2.05 bits per heavy atom. The average Bonchev–Trinajstić information content (AvgIpc) is 2.95. The highest BCUT2D eigenvalue weighted by molar-refractivity contribution is 5.85. The lowest BCUT2D eigenvalue weighted by molar-refractivity contribution is 0.112. The molecule has 0 amide bonds. The molecule has 1 aromatic heterocycles. The lowest BCUT2D eigenvalue weighted by Gasteiger charge is -2.21. The Kier molecular flexibility index (Phi) is 3.86. The van der Waals surface area contributed by atoms with Crippen LogP contribution in [0.5, 0.6) is 0 Å². The number of aryl methyl sites for hydroxylation is 1. The minimum absolute atomic E-state index is 0.267. The quantitative estimate of drug-likeness (QED) is 0.788. The molecule has 21 heavy (non-hydrogen) atoms. The van der Waals surface area contributed by atoms with Gasteiger partial charge in [0.2, 0.25) is 0 Å². The van der Waals surface area contributed by atoms with E-state index >= 15 is 0 Å². The zero-order valence-corrected chi connectivity index (χ0v) is 12.2.